The summed E-state index contributed by atoms with van der Waals surface area (Å²) in [5.41, 5.74) is -0.879. The molecular weight excluding hydrogens is 475 g/mol. The van der Waals surface area contributed by atoms with Crippen molar-refractivity contribution in [1.29, 1.82) is 0 Å². The molecule has 12 heteroatoms. The van der Waals surface area contributed by atoms with Gasteiger partial charge in [-0.3, -0.25) is 10.1 Å². The first-order chi connectivity index (χ1) is 14.1. The van der Waals surface area contributed by atoms with Crippen molar-refractivity contribution >= 4 is 54.6 Å². The SMILES string of the molecule is O=[N+]([O-])c1cc(S(=O)(=O)N(c2ccccc2)S(=O)(=O)c2ccccc2Cl)ccc1Cl. The van der Waals surface area contributed by atoms with Gasteiger partial charge < -0.3 is 0 Å². The van der Waals surface area contributed by atoms with Crippen LogP contribution in [0.1, 0.15) is 0 Å². The molecule has 0 heterocycles. The molecule has 0 saturated heterocycles. The fourth-order valence-corrected chi connectivity index (χ4v) is 6.97. The molecular formula is C18H12Cl2N2O6S2. The maximum atomic E-state index is 13.4. The second kappa shape index (κ2) is 8.23. The standard InChI is InChI=1S/C18H12Cl2N2O6S2/c19-15-11-10-14(12-17(15)21(23)24)29(25,26)22(13-6-2-1-3-7-13)30(27,28)18-9-5-4-8-16(18)20/h1-12H. The lowest BCUT2D eigenvalue weighted by Crippen LogP contribution is -2.37. The Kier molecular flexibility index (Phi) is 6.04. The summed E-state index contributed by atoms with van der Waals surface area (Å²) in [5.74, 6) is 0. The summed E-state index contributed by atoms with van der Waals surface area (Å²) in [7, 11) is -9.55. The van der Waals surface area contributed by atoms with Gasteiger partial charge in [0.05, 0.1) is 20.5 Å². The van der Waals surface area contributed by atoms with Gasteiger partial charge >= 0.3 is 0 Å². The minimum atomic E-state index is -4.83. The van der Waals surface area contributed by atoms with Gasteiger partial charge in [-0.05, 0) is 36.4 Å². The second-order valence-corrected chi connectivity index (χ2v) is 10.4. The zero-order valence-electron chi connectivity index (χ0n) is 14.8. The molecule has 0 bridgehead atoms. The Morgan fingerprint density at radius 3 is 1.97 bits per heavy atom. The lowest BCUT2D eigenvalue weighted by Gasteiger charge is -2.24. The minimum Gasteiger partial charge on any atom is -0.258 e. The first kappa shape index (κ1) is 22.0. The van der Waals surface area contributed by atoms with Crippen LogP contribution >= 0.6 is 23.2 Å². The zero-order chi connectivity index (χ0) is 22.1. The molecule has 8 nitrogen and oxygen atoms in total. The maximum absolute atomic E-state index is 13.4. The molecule has 3 rings (SSSR count). The molecule has 0 aliphatic carbocycles. The Hall–Kier alpha value is -2.66. The van der Waals surface area contributed by atoms with Crippen molar-refractivity contribution in [3.63, 3.8) is 0 Å². The molecule has 0 radical (unpaired) electrons. The van der Waals surface area contributed by atoms with Gasteiger partial charge in [0.1, 0.15) is 9.92 Å². The quantitative estimate of drug-likeness (QED) is 0.374. The lowest BCUT2D eigenvalue weighted by molar-refractivity contribution is -0.384. The molecule has 0 fully saturated rings. The highest BCUT2D eigenvalue weighted by molar-refractivity contribution is 8.10. The first-order valence-electron chi connectivity index (χ1n) is 8.11. The smallest absolute Gasteiger partial charge is 0.258 e. The molecule has 0 saturated carbocycles. The van der Waals surface area contributed by atoms with Crippen molar-refractivity contribution in [1.82, 2.24) is 0 Å². The molecule has 0 aromatic heterocycles. The van der Waals surface area contributed by atoms with Crippen LogP contribution in [0.15, 0.2) is 82.6 Å². The summed E-state index contributed by atoms with van der Waals surface area (Å²) in [6, 6.07) is 15.1. The third-order valence-electron chi connectivity index (χ3n) is 3.93. The van der Waals surface area contributed by atoms with Gasteiger partial charge in [-0.1, -0.05) is 53.5 Å². The Morgan fingerprint density at radius 1 is 0.767 bits per heavy atom. The molecule has 3 aromatic carbocycles. The minimum absolute atomic E-state index is 0.185. The number of hydrogen-bond acceptors (Lipinski definition) is 6. The highest BCUT2D eigenvalue weighted by Gasteiger charge is 2.38. The second-order valence-electron chi connectivity index (χ2n) is 5.84. The van der Waals surface area contributed by atoms with Gasteiger partial charge in [0.15, 0.2) is 0 Å². The average Bonchev–Trinajstić information content (AvgIpc) is 2.68. The van der Waals surface area contributed by atoms with Crippen LogP contribution in [0.2, 0.25) is 10.0 Å². The molecule has 3 aromatic rings. The Bertz CT molecular complexity index is 1330. The van der Waals surface area contributed by atoms with E-state index in [9.17, 15) is 26.9 Å². The van der Waals surface area contributed by atoms with E-state index in [0.717, 1.165) is 18.2 Å². The van der Waals surface area contributed by atoms with Crippen molar-refractivity contribution in [2.24, 2.45) is 0 Å². The molecule has 0 N–H and O–H groups in total. The number of benzene rings is 3. The lowest BCUT2D eigenvalue weighted by atomic mass is 10.3. The number of nitrogens with zero attached hydrogens (tertiary/aromatic N) is 2. The number of nitro benzene ring substituents is 1. The number of para-hydroxylation sites is 1. The van der Waals surface area contributed by atoms with E-state index in [-0.39, 0.29) is 19.4 Å². The predicted octanol–water partition coefficient (Wildman–Crippen LogP) is 4.49. The van der Waals surface area contributed by atoms with E-state index < -0.39 is 40.4 Å². The number of rotatable bonds is 6. The van der Waals surface area contributed by atoms with Crippen molar-refractivity contribution in [3.05, 3.63) is 93.0 Å². The average molecular weight is 487 g/mol. The summed E-state index contributed by atoms with van der Waals surface area (Å²) in [6.07, 6.45) is 0. The van der Waals surface area contributed by atoms with Crippen LogP contribution in [0, 0.1) is 10.1 Å². The monoisotopic (exact) mass is 486 g/mol. The first-order valence-corrected chi connectivity index (χ1v) is 11.7. The largest absolute Gasteiger partial charge is 0.289 e. The molecule has 30 heavy (non-hydrogen) atoms. The Morgan fingerprint density at radius 2 is 1.37 bits per heavy atom. The molecule has 0 amide bonds. The number of hydrogen-bond donors (Lipinski definition) is 0. The van der Waals surface area contributed by atoms with E-state index in [1.54, 1.807) is 6.07 Å². The Balaban J connectivity index is 2.31. The summed E-state index contributed by atoms with van der Waals surface area (Å²) in [5, 5.41) is 10.7. The Labute approximate surface area is 182 Å². The maximum Gasteiger partial charge on any atom is 0.289 e. The van der Waals surface area contributed by atoms with Crippen LogP contribution in [0.4, 0.5) is 11.4 Å². The normalized spacial score (nSPS) is 11.8. The molecule has 0 unspecified atom stereocenters. The third-order valence-corrected chi connectivity index (χ3v) is 8.93. The molecule has 0 aliphatic rings. The fourth-order valence-electron chi connectivity index (χ4n) is 2.59. The van der Waals surface area contributed by atoms with E-state index in [4.69, 9.17) is 23.2 Å². The molecule has 0 aliphatic heterocycles. The van der Waals surface area contributed by atoms with Crippen LogP contribution < -0.4 is 3.71 Å². The van der Waals surface area contributed by atoms with Crippen molar-refractivity contribution in [2.75, 3.05) is 3.71 Å². The van der Waals surface area contributed by atoms with Crippen LogP contribution in [0.3, 0.4) is 0 Å². The van der Waals surface area contributed by atoms with Gasteiger partial charge in [0, 0.05) is 6.07 Å². The van der Waals surface area contributed by atoms with Crippen LogP contribution in [-0.2, 0) is 20.0 Å². The van der Waals surface area contributed by atoms with Crippen molar-refractivity contribution < 1.29 is 21.8 Å². The van der Waals surface area contributed by atoms with Crippen LogP contribution in [-0.4, -0.2) is 21.8 Å². The highest BCUT2D eigenvalue weighted by Crippen LogP contribution is 2.35. The molecule has 0 atom stereocenters. The van der Waals surface area contributed by atoms with E-state index in [1.807, 2.05) is 0 Å². The van der Waals surface area contributed by atoms with E-state index in [0.29, 0.717) is 6.07 Å². The van der Waals surface area contributed by atoms with Gasteiger partial charge in [-0.2, -0.15) is 12.1 Å². The fraction of sp³-hybridized carbons (Fsp3) is 0. The number of sulfonamides is 2. The van der Waals surface area contributed by atoms with E-state index >= 15 is 0 Å². The molecule has 156 valence electrons. The van der Waals surface area contributed by atoms with E-state index in [1.165, 1.54) is 42.5 Å². The topological polar surface area (TPSA) is 115 Å². The summed E-state index contributed by atoms with van der Waals surface area (Å²) in [6.45, 7) is 0. The third kappa shape index (κ3) is 3.99. The number of halogens is 2. The van der Waals surface area contributed by atoms with Crippen LogP contribution in [0.5, 0.6) is 0 Å². The zero-order valence-corrected chi connectivity index (χ0v) is 18.0. The number of anilines is 1. The van der Waals surface area contributed by atoms with Gasteiger partial charge in [-0.25, -0.2) is 8.42 Å². The summed E-state index contributed by atoms with van der Waals surface area (Å²) < 4.78 is 53.7. The van der Waals surface area contributed by atoms with Gasteiger partial charge in [-0.15, -0.1) is 0 Å². The summed E-state index contributed by atoms with van der Waals surface area (Å²) in [4.78, 5) is 9.25. The van der Waals surface area contributed by atoms with Gasteiger partial charge in [0.2, 0.25) is 0 Å². The molecule has 0 spiro atoms. The predicted molar refractivity (Wildman–Crippen MR) is 113 cm³/mol. The van der Waals surface area contributed by atoms with Crippen LogP contribution in [0.25, 0.3) is 0 Å². The van der Waals surface area contributed by atoms with Crippen molar-refractivity contribution in [2.45, 2.75) is 9.79 Å². The van der Waals surface area contributed by atoms with Crippen molar-refractivity contribution in [3.8, 4) is 0 Å². The number of nitro groups is 1. The summed E-state index contributed by atoms with van der Waals surface area (Å²) >= 11 is 11.8. The van der Waals surface area contributed by atoms with E-state index in [2.05, 4.69) is 0 Å². The highest BCUT2D eigenvalue weighted by atomic mass is 35.5. The van der Waals surface area contributed by atoms with Gasteiger partial charge in [0.25, 0.3) is 25.7 Å².